The lowest BCUT2D eigenvalue weighted by Gasteiger charge is -2.18. The molecule has 6 heteroatoms. The van der Waals surface area contributed by atoms with Crippen LogP contribution in [0.15, 0.2) is 6.20 Å². The van der Waals surface area contributed by atoms with Crippen LogP contribution in [0.4, 0.5) is 5.13 Å². The molecule has 1 rings (SSSR count). The van der Waals surface area contributed by atoms with Crippen LogP contribution in [0.1, 0.15) is 25.6 Å². The van der Waals surface area contributed by atoms with E-state index in [2.05, 4.69) is 4.98 Å². The second kappa shape index (κ2) is 4.09. The number of rotatable bonds is 3. The third-order valence-corrected chi connectivity index (χ3v) is 5.62. The summed E-state index contributed by atoms with van der Waals surface area (Å²) >= 11 is 1.34. The third-order valence-electron chi connectivity index (χ3n) is 2.12. The maximum Gasteiger partial charge on any atom is 0.180 e. The monoisotopic (exact) mass is 248 g/mol. The van der Waals surface area contributed by atoms with E-state index in [4.69, 9.17) is 5.73 Å². The van der Waals surface area contributed by atoms with Crippen LogP contribution in [0.2, 0.25) is 0 Å². The average molecular weight is 248 g/mol. The summed E-state index contributed by atoms with van der Waals surface area (Å²) < 4.78 is 22.9. The van der Waals surface area contributed by atoms with Crippen LogP contribution in [0, 0.1) is 0 Å². The Balaban J connectivity index is 2.66. The van der Waals surface area contributed by atoms with Gasteiger partial charge in [-0.15, -0.1) is 11.3 Å². The Kier molecular flexibility index (Phi) is 3.40. The number of nitrogen functional groups attached to an aromatic ring is 1. The Bertz CT molecular complexity index is 429. The highest BCUT2D eigenvalue weighted by Gasteiger charge is 2.28. The van der Waals surface area contributed by atoms with Crippen molar-refractivity contribution >= 4 is 26.3 Å². The summed E-state index contributed by atoms with van der Waals surface area (Å²) in [6, 6.07) is 0. The molecule has 0 aliphatic heterocycles. The van der Waals surface area contributed by atoms with Gasteiger partial charge in [-0.2, -0.15) is 0 Å². The lowest BCUT2D eigenvalue weighted by molar-refractivity contribution is 0.559. The fraction of sp³-hybridized carbons (Fsp3) is 0.667. The van der Waals surface area contributed by atoms with Gasteiger partial charge in [0.05, 0.1) is 10.5 Å². The van der Waals surface area contributed by atoms with Gasteiger partial charge in [0, 0.05) is 11.1 Å². The number of nitrogens with zero attached hydrogens (tertiary/aromatic N) is 1. The van der Waals surface area contributed by atoms with Gasteiger partial charge in [-0.05, 0) is 27.2 Å². The number of thiazole rings is 1. The number of aromatic nitrogens is 1. The molecule has 1 aromatic heterocycles. The molecule has 0 aliphatic carbocycles. The molecule has 0 amide bonds. The van der Waals surface area contributed by atoms with Crippen LogP contribution in [0.5, 0.6) is 0 Å². The van der Waals surface area contributed by atoms with Gasteiger partial charge in [-0.25, -0.2) is 13.4 Å². The van der Waals surface area contributed by atoms with E-state index in [1.165, 1.54) is 11.3 Å². The number of hydrogen-bond acceptors (Lipinski definition) is 5. The van der Waals surface area contributed by atoms with E-state index in [9.17, 15) is 8.42 Å². The topological polar surface area (TPSA) is 73.0 Å². The minimum atomic E-state index is -3.05. The first-order valence-corrected chi connectivity index (χ1v) is 7.12. The van der Waals surface area contributed by atoms with Crippen molar-refractivity contribution in [3.63, 3.8) is 0 Å². The van der Waals surface area contributed by atoms with Gasteiger partial charge < -0.3 is 5.73 Å². The van der Waals surface area contributed by atoms with Gasteiger partial charge in [0.15, 0.2) is 15.0 Å². The first-order chi connectivity index (χ1) is 6.72. The van der Waals surface area contributed by atoms with Gasteiger partial charge >= 0.3 is 0 Å². The molecule has 0 atom stereocenters. The number of hydrogen-bond donors (Lipinski definition) is 1. The van der Waals surface area contributed by atoms with E-state index in [0.29, 0.717) is 11.6 Å². The molecule has 0 radical (unpaired) electrons. The summed E-state index contributed by atoms with van der Waals surface area (Å²) in [5, 5.41) is 0.484. The van der Waals surface area contributed by atoms with Crippen molar-refractivity contribution in [3.05, 3.63) is 11.1 Å². The minimum absolute atomic E-state index is 0.151. The van der Waals surface area contributed by atoms with Crippen molar-refractivity contribution < 1.29 is 8.42 Å². The molecule has 0 saturated heterocycles. The minimum Gasteiger partial charge on any atom is -0.375 e. The zero-order valence-electron chi connectivity index (χ0n) is 9.15. The van der Waals surface area contributed by atoms with Crippen LogP contribution in [-0.2, 0) is 16.3 Å². The quantitative estimate of drug-likeness (QED) is 0.879. The molecule has 15 heavy (non-hydrogen) atoms. The highest BCUT2D eigenvalue weighted by atomic mass is 32.2. The second-order valence-corrected chi connectivity index (χ2v) is 8.36. The first-order valence-electron chi connectivity index (χ1n) is 4.65. The highest BCUT2D eigenvalue weighted by Crippen LogP contribution is 2.20. The standard InChI is InChI=1S/C9H16N2O2S2/c1-9(2,3)15(12,13)5-4-7-6-11-8(10)14-7/h6H,4-5H2,1-3H3,(H2,10,11). The largest absolute Gasteiger partial charge is 0.375 e. The van der Waals surface area contributed by atoms with E-state index in [-0.39, 0.29) is 5.75 Å². The summed E-state index contributed by atoms with van der Waals surface area (Å²) in [5.41, 5.74) is 5.46. The molecule has 0 spiro atoms. The second-order valence-electron chi connectivity index (χ2n) is 4.35. The van der Waals surface area contributed by atoms with Crippen LogP contribution < -0.4 is 5.73 Å². The number of sulfone groups is 1. The molecule has 0 aliphatic rings. The van der Waals surface area contributed by atoms with Crippen LogP contribution in [-0.4, -0.2) is 23.9 Å². The Hall–Kier alpha value is -0.620. The molecule has 0 bridgehead atoms. The SMILES string of the molecule is CC(C)(C)S(=O)(=O)CCc1cnc(N)s1. The Morgan fingerprint density at radius 3 is 2.47 bits per heavy atom. The van der Waals surface area contributed by atoms with Crippen LogP contribution in [0.25, 0.3) is 0 Å². The lowest BCUT2D eigenvalue weighted by Crippen LogP contribution is -2.30. The van der Waals surface area contributed by atoms with Crippen LogP contribution >= 0.6 is 11.3 Å². The Morgan fingerprint density at radius 1 is 1.47 bits per heavy atom. The van der Waals surface area contributed by atoms with Gasteiger partial charge in [-0.1, -0.05) is 0 Å². The van der Waals surface area contributed by atoms with E-state index in [1.54, 1.807) is 27.0 Å². The van der Waals surface area contributed by atoms with Crippen molar-refractivity contribution in [1.29, 1.82) is 0 Å². The summed E-state index contributed by atoms with van der Waals surface area (Å²) in [6.45, 7) is 5.14. The van der Waals surface area contributed by atoms with Gasteiger partial charge in [0.25, 0.3) is 0 Å². The van der Waals surface area contributed by atoms with Crippen molar-refractivity contribution in [2.45, 2.75) is 31.9 Å². The Morgan fingerprint density at radius 2 is 2.07 bits per heavy atom. The fourth-order valence-corrected chi connectivity index (χ4v) is 2.89. The van der Waals surface area contributed by atoms with E-state index in [1.807, 2.05) is 0 Å². The molecule has 0 fully saturated rings. The first kappa shape index (κ1) is 12.4. The molecule has 0 saturated carbocycles. The average Bonchev–Trinajstić information content (AvgIpc) is 2.46. The summed E-state index contributed by atoms with van der Waals surface area (Å²) in [5.74, 6) is 0.151. The smallest absolute Gasteiger partial charge is 0.180 e. The molecule has 4 nitrogen and oxygen atoms in total. The Labute approximate surface area is 94.4 Å². The van der Waals surface area contributed by atoms with Gasteiger partial charge in [0.1, 0.15) is 0 Å². The molecular weight excluding hydrogens is 232 g/mol. The summed E-state index contributed by atoms with van der Waals surface area (Å²) in [6.07, 6.45) is 2.13. The predicted octanol–water partition coefficient (Wildman–Crippen LogP) is 1.48. The molecule has 86 valence electrons. The van der Waals surface area contributed by atoms with Crippen molar-refractivity contribution in [2.75, 3.05) is 11.5 Å². The molecular formula is C9H16N2O2S2. The van der Waals surface area contributed by atoms with Crippen molar-refractivity contribution in [3.8, 4) is 0 Å². The van der Waals surface area contributed by atoms with Gasteiger partial charge in [-0.3, -0.25) is 0 Å². The molecule has 1 heterocycles. The third kappa shape index (κ3) is 3.17. The number of aryl methyl sites for hydroxylation is 1. The normalized spacial score (nSPS) is 13.0. The predicted molar refractivity (Wildman–Crippen MR) is 63.8 cm³/mol. The van der Waals surface area contributed by atoms with Gasteiger partial charge in [0.2, 0.25) is 0 Å². The van der Waals surface area contributed by atoms with E-state index >= 15 is 0 Å². The molecule has 0 unspecified atom stereocenters. The molecule has 2 N–H and O–H groups in total. The lowest BCUT2D eigenvalue weighted by atomic mass is 10.3. The maximum atomic E-state index is 11.8. The van der Waals surface area contributed by atoms with E-state index < -0.39 is 14.6 Å². The molecule has 0 aromatic carbocycles. The highest BCUT2D eigenvalue weighted by molar-refractivity contribution is 7.92. The zero-order chi connectivity index (χ0) is 11.7. The number of anilines is 1. The molecule has 1 aromatic rings. The number of nitrogens with two attached hydrogens (primary N) is 1. The van der Waals surface area contributed by atoms with Crippen molar-refractivity contribution in [1.82, 2.24) is 4.98 Å². The van der Waals surface area contributed by atoms with Crippen LogP contribution in [0.3, 0.4) is 0 Å². The van der Waals surface area contributed by atoms with E-state index in [0.717, 1.165) is 4.88 Å². The van der Waals surface area contributed by atoms with Crippen molar-refractivity contribution in [2.24, 2.45) is 0 Å². The fourth-order valence-electron chi connectivity index (χ4n) is 0.979. The zero-order valence-corrected chi connectivity index (χ0v) is 10.8. The summed E-state index contributed by atoms with van der Waals surface area (Å²) in [4.78, 5) is 4.80. The maximum absolute atomic E-state index is 11.8. The summed E-state index contributed by atoms with van der Waals surface area (Å²) in [7, 11) is -3.05.